The Morgan fingerprint density at radius 1 is 1.28 bits per heavy atom. The number of nitrogens with zero attached hydrogens (tertiary/aromatic N) is 2. The number of ether oxygens (including phenoxy) is 1. The summed E-state index contributed by atoms with van der Waals surface area (Å²) in [7, 11) is 1.26. The van der Waals surface area contributed by atoms with Gasteiger partial charge in [-0.3, -0.25) is 9.59 Å². The fourth-order valence-corrected chi connectivity index (χ4v) is 1.54. The van der Waals surface area contributed by atoms with Crippen LogP contribution < -0.4 is 0 Å². The average molecular weight is 244 g/mol. The number of ketones is 1. The monoisotopic (exact) mass is 244 g/mol. The van der Waals surface area contributed by atoms with Gasteiger partial charge in [-0.05, 0) is 24.3 Å². The van der Waals surface area contributed by atoms with E-state index >= 15 is 0 Å². The van der Waals surface area contributed by atoms with Gasteiger partial charge in [-0.25, -0.2) is 4.98 Å². The Hall–Kier alpha value is -2.43. The van der Waals surface area contributed by atoms with Crippen LogP contribution in [0.25, 0.3) is 5.69 Å². The van der Waals surface area contributed by atoms with Gasteiger partial charge >= 0.3 is 5.97 Å². The summed E-state index contributed by atoms with van der Waals surface area (Å²) in [6, 6.07) is 6.96. The van der Waals surface area contributed by atoms with Gasteiger partial charge in [-0.1, -0.05) is 0 Å². The Morgan fingerprint density at radius 2 is 2.00 bits per heavy atom. The molecule has 5 heteroatoms. The Morgan fingerprint density at radius 3 is 2.56 bits per heavy atom. The standard InChI is InChI=1S/C13H12N2O3/c1-18-13(17)8-12(16)10-2-4-11(5-3-10)15-7-6-14-9-15/h2-7,9H,8H2,1H3. The van der Waals surface area contributed by atoms with E-state index in [-0.39, 0.29) is 12.2 Å². The lowest BCUT2D eigenvalue weighted by atomic mass is 10.1. The highest BCUT2D eigenvalue weighted by Gasteiger charge is 2.11. The van der Waals surface area contributed by atoms with E-state index in [1.54, 1.807) is 36.8 Å². The van der Waals surface area contributed by atoms with Crippen molar-refractivity contribution in [2.24, 2.45) is 0 Å². The van der Waals surface area contributed by atoms with Gasteiger partial charge in [-0.2, -0.15) is 0 Å². The van der Waals surface area contributed by atoms with Crippen LogP contribution in [-0.2, 0) is 9.53 Å². The number of aromatic nitrogens is 2. The molecule has 1 aromatic carbocycles. The molecule has 0 spiro atoms. The first-order chi connectivity index (χ1) is 8.70. The fourth-order valence-electron chi connectivity index (χ4n) is 1.54. The zero-order valence-corrected chi connectivity index (χ0v) is 9.87. The molecule has 0 fully saturated rings. The molecule has 0 amide bonds. The molecule has 0 bridgehead atoms. The summed E-state index contributed by atoms with van der Waals surface area (Å²) in [4.78, 5) is 26.6. The maximum Gasteiger partial charge on any atom is 0.313 e. The Bertz CT molecular complexity index is 544. The molecule has 0 aliphatic carbocycles. The summed E-state index contributed by atoms with van der Waals surface area (Å²) in [6.07, 6.45) is 4.92. The van der Waals surface area contributed by atoms with Crippen molar-refractivity contribution in [3.05, 3.63) is 48.5 Å². The lowest BCUT2D eigenvalue weighted by Crippen LogP contribution is -2.09. The van der Waals surface area contributed by atoms with Crippen molar-refractivity contribution in [2.75, 3.05) is 7.11 Å². The second-order valence-corrected chi connectivity index (χ2v) is 3.69. The highest BCUT2D eigenvalue weighted by Crippen LogP contribution is 2.11. The van der Waals surface area contributed by atoms with Crippen LogP contribution in [0, 0.1) is 0 Å². The van der Waals surface area contributed by atoms with Crippen molar-refractivity contribution in [2.45, 2.75) is 6.42 Å². The third kappa shape index (κ3) is 2.63. The summed E-state index contributed by atoms with van der Waals surface area (Å²) in [6.45, 7) is 0. The molecule has 0 N–H and O–H groups in total. The molecule has 0 saturated carbocycles. The minimum atomic E-state index is -0.529. The number of carbonyl (C=O) groups excluding carboxylic acids is 2. The van der Waals surface area contributed by atoms with Crippen LogP contribution in [0.1, 0.15) is 16.8 Å². The van der Waals surface area contributed by atoms with E-state index in [4.69, 9.17) is 0 Å². The largest absolute Gasteiger partial charge is 0.469 e. The van der Waals surface area contributed by atoms with Crippen LogP contribution in [0.15, 0.2) is 43.0 Å². The van der Waals surface area contributed by atoms with Crippen molar-refractivity contribution in [3.63, 3.8) is 0 Å². The molecule has 1 aromatic heterocycles. The molecule has 1 heterocycles. The van der Waals surface area contributed by atoms with Gasteiger partial charge in [-0.15, -0.1) is 0 Å². The molecule has 18 heavy (non-hydrogen) atoms. The zero-order chi connectivity index (χ0) is 13.0. The molecule has 92 valence electrons. The predicted molar refractivity (Wildman–Crippen MR) is 64.5 cm³/mol. The van der Waals surface area contributed by atoms with Crippen molar-refractivity contribution < 1.29 is 14.3 Å². The summed E-state index contributed by atoms with van der Waals surface area (Å²) < 4.78 is 6.28. The first-order valence-corrected chi connectivity index (χ1v) is 5.39. The number of rotatable bonds is 4. The van der Waals surface area contributed by atoms with Gasteiger partial charge in [0.1, 0.15) is 6.42 Å². The number of methoxy groups -OCH3 is 1. The molecule has 0 atom stereocenters. The van der Waals surface area contributed by atoms with Crippen LogP contribution in [0.4, 0.5) is 0 Å². The van der Waals surface area contributed by atoms with Crippen LogP contribution in [-0.4, -0.2) is 28.4 Å². The number of hydrogen-bond acceptors (Lipinski definition) is 4. The minimum Gasteiger partial charge on any atom is -0.469 e. The number of esters is 1. The van der Waals surface area contributed by atoms with Crippen molar-refractivity contribution in [1.82, 2.24) is 9.55 Å². The number of hydrogen-bond donors (Lipinski definition) is 0. The summed E-state index contributed by atoms with van der Waals surface area (Å²) in [5, 5.41) is 0. The van der Waals surface area contributed by atoms with Gasteiger partial charge in [0.25, 0.3) is 0 Å². The molecule has 0 aliphatic rings. The van der Waals surface area contributed by atoms with E-state index < -0.39 is 5.97 Å². The molecular weight excluding hydrogens is 232 g/mol. The first kappa shape index (κ1) is 12.0. The van der Waals surface area contributed by atoms with E-state index in [0.29, 0.717) is 5.56 Å². The Balaban J connectivity index is 2.13. The summed E-state index contributed by atoms with van der Waals surface area (Å²) in [5.74, 6) is -0.780. The normalized spacial score (nSPS) is 10.1. The topological polar surface area (TPSA) is 61.2 Å². The van der Waals surface area contributed by atoms with Crippen LogP contribution in [0.3, 0.4) is 0 Å². The van der Waals surface area contributed by atoms with Crippen LogP contribution >= 0.6 is 0 Å². The van der Waals surface area contributed by atoms with Gasteiger partial charge in [0.2, 0.25) is 0 Å². The zero-order valence-electron chi connectivity index (χ0n) is 9.87. The Kier molecular flexibility index (Phi) is 3.52. The molecular formula is C13H12N2O3. The number of imidazole rings is 1. The third-order valence-electron chi connectivity index (χ3n) is 2.52. The first-order valence-electron chi connectivity index (χ1n) is 5.39. The van der Waals surface area contributed by atoms with Crippen molar-refractivity contribution in [3.8, 4) is 5.69 Å². The molecule has 0 radical (unpaired) electrons. The molecule has 0 saturated heterocycles. The third-order valence-corrected chi connectivity index (χ3v) is 2.52. The van der Waals surface area contributed by atoms with E-state index in [1.807, 2.05) is 10.8 Å². The van der Waals surface area contributed by atoms with Gasteiger partial charge in [0.05, 0.1) is 13.4 Å². The number of Topliss-reactive ketones (excluding diaryl/α,β-unsaturated/α-hetero) is 1. The molecule has 2 aromatic rings. The van der Waals surface area contributed by atoms with E-state index in [2.05, 4.69) is 9.72 Å². The second-order valence-electron chi connectivity index (χ2n) is 3.69. The van der Waals surface area contributed by atoms with Crippen LogP contribution in [0.5, 0.6) is 0 Å². The Labute approximate surface area is 104 Å². The molecule has 0 unspecified atom stereocenters. The number of carbonyl (C=O) groups is 2. The SMILES string of the molecule is COC(=O)CC(=O)c1ccc(-n2ccnc2)cc1. The highest BCUT2D eigenvalue weighted by atomic mass is 16.5. The molecule has 5 nitrogen and oxygen atoms in total. The molecule has 2 rings (SSSR count). The quantitative estimate of drug-likeness (QED) is 0.466. The van der Waals surface area contributed by atoms with Gasteiger partial charge < -0.3 is 9.30 Å². The number of benzene rings is 1. The predicted octanol–water partition coefficient (Wildman–Crippen LogP) is 1.62. The lowest BCUT2D eigenvalue weighted by molar-refractivity contribution is -0.139. The smallest absolute Gasteiger partial charge is 0.313 e. The molecule has 0 aliphatic heterocycles. The van der Waals surface area contributed by atoms with Crippen molar-refractivity contribution in [1.29, 1.82) is 0 Å². The second kappa shape index (κ2) is 5.27. The maximum atomic E-state index is 11.7. The lowest BCUT2D eigenvalue weighted by Gasteiger charge is -2.03. The minimum absolute atomic E-state index is 0.235. The maximum absolute atomic E-state index is 11.7. The van der Waals surface area contributed by atoms with Gasteiger partial charge in [0, 0.05) is 23.6 Å². The highest BCUT2D eigenvalue weighted by molar-refractivity contribution is 6.05. The van der Waals surface area contributed by atoms with Gasteiger partial charge in [0.15, 0.2) is 5.78 Å². The average Bonchev–Trinajstić information content (AvgIpc) is 2.92. The van der Waals surface area contributed by atoms with Crippen molar-refractivity contribution >= 4 is 11.8 Å². The van der Waals surface area contributed by atoms with E-state index in [0.717, 1.165) is 5.69 Å². The van der Waals surface area contributed by atoms with E-state index in [9.17, 15) is 9.59 Å². The summed E-state index contributed by atoms with van der Waals surface area (Å²) in [5.41, 5.74) is 1.39. The summed E-state index contributed by atoms with van der Waals surface area (Å²) >= 11 is 0. The fraction of sp³-hybridized carbons (Fsp3) is 0.154. The van der Waals surface area contributed by atoms with E-state index in [1.165, 1.54) is 7.11 Å². The van der Waals surface area contributed by atoms with Crippen LogP contribution in [0.2, 0.25) is 0 Å².